The lowest BCUT2D eigenvalue weighted by atomic mass is 9.99. The molecule has 0 bridgehead atoms. The molecule has 4 nitrogen and oxygen atoms in total. The fourth-order valence-corrected chi connectivity index (χ4v) is 2.24. The third-order valence-corrected chi connectivity index (χ3v) is 3.40. The average Bonchev–Trinajstić information content (AvgIpc) is 2.67. The zero-order valence-electron chi connectivity index (χ0n) is 10.1. The minimum Gasteiger partial charge on any atom is -0.382 e. The molecule has 0 saturated carbocycles. The maximum atomic E-state index is 5.57. The van der Waals surface area contributed by atoms with Gasteiger partial charge in [-0.25, -0.2) is 0 Å². The zero-order chi connectivity index (χ0) is 11.4. The molecule has 0 aromatic carbocycles. The molecule has 0 amide bonds. The van der Waals surface area contributed by atoms with Crippen molar-refractivity contribution < 1.29 is 0 Å². The van der Waals surface area contributed by atoms with E-state index in [1.54, 1.807) is 0 Å². The number of anilines is 1. The Morgan fingerprint density at radius 2 is 2.12 bits per heavy atom. The summed E-state index contributed by atoms with van der Waals surface area (Å²) in [7, 11) is 0. The van der Waals surface area contributed by atoms with Crippen LogP contribution < -0.4 is 5.73 Å². The maximum absolute atomic E-state index is 5.57. The second-order valence-corrected chi connectivity index (χ2v) is 4.88. The number of likely N-dealkylation sites (tertiary alicyclic amines) is 1. The van der Waals surface area contributed by atoms with E-state index in [2.05, 4.69) is 16.9 Å². The van der Waals surface area contributed by atoms with Crippen molar-refractivity contribution in [3.05, 3.63) is 12.3 Å². The number of piperidine rings is 1. The van der Waals surface area contributed by atoms with Crippen LogP contribution in [0.5, 0.6) is 0 Å². The second-order valence-electron chi connectivity index (χ2n) is 4.88. The van der Waals surface area contributed by atoms with Crippen molar-refractivity contribution in [2.24, 2.45) is 5.92 Å². The predicted octanol–water partition coefficient (Wildman–Crippen LogP) is 1.59. The van der Waals surface area contributed by atoms with Gasteiger partial charge in [0.15, 0.2) is 0 Å². The number of nitrogens with zero attached hydrogens (tertiary/aromatic N) is 3. The first-order valence-electron chi connectivity index (χ1n) is 6.25. The summed E-state index contributed by atoms with van der Waals surface area (Å²) in [6, 6.07) is 1.85. The van der Waals surface area contributed by atoms with Crippen LogP contribution in [-0.2, 0) is 6.54 Å². The molecule has 16 heavy (non-hydrogen) atoms. The first kappa shape index (κ1) is 11.5. The Bertz CT molecular complexity index is 313. The Balaban J connectivity index is 1.64. The number of nitrogen functional groups attached to an aromatic ring is 1. The molecule has 1 saturated heterocycles. The highest BCUT2D eigenvalue weighted by Crippen LogP contribution is 2.15. The summed E-state index contributed by atoms with van der Waals surface area (Å²) < 4.78 is 1.93. The molecular formula is C12H22N4. The SMILES string of the molecule is CC1CCN(CCCn2ccc(N)n2)CC1. The summed E-state index contributed by atoms with van der Waals surface area (Å²) in [4.78, 5) is 2.56. The van der Waals surface area contributed by atoms with Crippen LogP contribution in [0.25, 0.3) is 0 Å². The van der Waals surface area contributed by atoms with Crippen LogP contribution in [0.1, 0.15) is 26.2 Å². The van der Waals surface area contributed by atoms with E-state index < -0.39 is 0 Å². The minimum atomic E-state index is 0.617. The summed E-state index contributed by atoms with van der Waals surface area (Å²) >= 11 is 0. The summed E-state index contributed by atoms with van der Waals surface area (Å²) in [5.41, 5.74) is 5.57. The van der Waals surface area contributed by atoms with E-state index in [1.165, 1.54) is 32.5 Å². The molecule has 2 N–H and O–H groups in total. The van der Waals surface area contributed by atoms with E-state index in [9.17, 15) is 0 Å². The monoisotopic (exact) mass is 222 g/mol. The van der Waals surface area contributed by atoms with E-state index in [4.69, 9.17) is 5.73 Å². The molecule has 90 valence electrons. The molecule has 2 rings (SSSR count). The molecule has 0 atom stereocenters. The average molecular weight is 222 g/mol. The first-order chi connectivity index (χ1) is 7.74. The van der Waals surface area contributed by atoms with Crippen molar-refractivity contribution in [1.82, 2.24) is 14.7 Å². The lowest BCUT2D eigenvalue weighted by Crippen LogP contribution is -2.34. The van der Waals surface area contributed by atoms with Crippen LogP contribution in [-0.4, -0.2) is 34.3 Å². The molecular weight excluding hydrogens is 200 g/mol. The fraction of sp³-hybridized carbons (Fsp3) is 0.750. The molecule has 1 aliphatic heterocycles. The highest BCUT2D eigenvalue weighted by Gasteiger charge is 2.14. The standard InChI is InChI=1S/C12H22N4/c1-11-3-8-15(9-4-11)6-2-7-16-10-5-12(13)14-16/h5,10-11H,2-4,6-9H2,1H3,(H2,13,14). The van der Waals surface area contributed by atoms with Crippen LogP contribution >= 0.6 is 0 Å². The van der Waals surface area contributed by atoms with E-state index in [1.807, 2.05) is 16.9 Å². The zero-order valence-corrected chi connectivity index (χ0v) is 10.1. The lowest BCUT2D eigenvalue weighted by molar-refractivity contribution is 0.187. The van der Waals surface area contributed by atoms with E-state index in [0.717, 1.165) is 18.9 Å². The van der Waals surface area contributed by atoms with Gasteiger partial charge in [-0.05, 0) is 50.9 Å². The van der Waals surface area contributed by atoms with Crippen molar-refractivity contribution in [3.8, 4) is 0 Å². The van der Waals surface area contributed by atoms with Gasteiger partial charge < -0.3 is 10.6 Å². The van der Waals surface area contributed by atoms with Crippen molar-refractivity contribution in [1.29, 1.82) is 0 Å². The topological polar surface area (TPSA) is 47.1 Å². The molecule has 0 radical (unpaired) electrons. The number of nitrogens with two attached hydrogens (primary N) is 1. The number of hydrogen-bond acceptors (Lipinski definition) is 3. The molecule has 2 heterocycles. The molecule has 1 aromatic rings. The van der Waals surface area contributed by atoms with Crippen LogP contribution in [0.3, 0.4) is 0 Å². The normalized spacial score (nSPS) is 19.1. The van der Waals surface area contributed by atoms with Gasteiger partial charge in [0.2, 0.25) is 0 Å². The Morgan fingerprint density at radius 3 is 2.75 bits per heavy atom. The molecule has 1 aliphatic rings. The largest absolute Gasteiger partial charge is 0.382 e. The van der Waals surface area contributed by atoms with Crippen LogP contribution in [0.15, 0.2) is 12.3 Å². The van der Waals surface area contributed by atoms with Crippen molar-refractivity contribution >= 4 is 5.82 Å². The van der Waals surface area contributed by atoms with E-state index >= 15 is 0 Å². The molecule has 1 fully saturated rings. The number of aromatic nitrogens is 2. The first-order valence-corrected chi connectivity index (χ1v) is 6.25. The smallest absolute Gasteiger partial charge is 0.145 e. The Hall–Kier alpha value is -1.03. The third kappa shape index (κ3) is 3.23. The van der Waals surface area contributed by atoms with E-state index in [-0.39, 0.29) is 0 Å². The van der Waals surface area contributed by atoms with Gasteiger partial charge in [-0.1, -0.05) is 6.92 Å². The second kappa shape index (κ2) is 5.34. The minimum absolute atomic E-state index is 0.617. The Kier molecular flexibility index (Phi) is 3.83. The fourth-order valence-electron chi connectivity index (χ4n) is 2.24. The number of aryl methyl sites for hydroxylation is 1. The molecule has 1 aromatic heterocycles. The third-order valence-electron chi connectivity index (χ3n) is 3.40. The predicted molar refractivity (Wildman–Crippen MR) is 66.1 cm³/mol. The molecule has 4 heteroatoms. The Morgan fingerprint density at radius 1 is 1.38 bits per heavy atom. The lowest BCUT2D eigenvalue weighted by Gasteiger charge is -2.30. The van der Waals surface area contributed by atoms with Crippen molar-refractivity contribution in [2.75, 3.05) is 25.4 Å². The molecule has 0 unspecified atom stereocenters. The number of rotatable bonds is 4. The van der Waals surface area contributed by atoms with Gasteiger partial charge >= 0.3 is 0 Å². The summed E-state index contributed by atoms with van der Waals surface area (Å²) in [5, 5.41) is 4.18. The summed E-state index contributed by atoms with van der Waals surface area (Å²) in [6.07, 6.45) is 5.83. The van der Waals surface area contributed by atoms with Gasteiger partial charge in [0.25, 0.3) is 0 Å². The van der Waals surface area contributed by atoms with Crippen LogP contribution in [0, 0.1) is 5.92 Å². The molecule has 0 spiro atoms. The Labute approximate surface area is 97.4 Å². The number of hydrogen-bond donors (Lipinski definition) is 1. The van der Waals surface area contributed by atoms with Gasteiger partial charge in [-0.15, -0.1) is 0 Å². The molecule has 0 aliphatic carbocycles. The van der Waals surface area contributed by atoms with Gasteiger partial charge in [-0.2, -0.15) is 5.10 Å². The van der Waals surface area contributed by atoms with Gasteiger partial charge in [0.1, 0.15) is 5.82 Å². The van der Waals surface area contributed by atoms with E-state index in [0.29, 0.717) is 5.82 Å². The summed E-state index contributed by atoms with van der Waals surface area (Å²) in [6.45, 7) is 7.05. The maximum Gasteiger partial charge on any atom is 0.145 e. The van der Waals surface area contributed by atoms with Crippen molar-refractivity contribution in [3.63, 3.8) is 0 Å². The van der Waals surface area contributed by atoms with Gasteiger partial charge in [-0.3, -0.25) is 4.68 Å². The van der Waals surface area contributed by atoms with Crippen LogP contribution in [0.2, 0.25) is 0 Å². The van der Waals surface area contributed by atoms with Crippen LogP contribution in [0.4, 0.5) is 5.82 Å². The highest BCUT2D eigenvalue weighted by atomic mass is 15.3. The highest BCUT2D eigenvalue weighted by molar-refractivity contribution is 5.23. The summed E-state index contributed by atoms with van der Waals surface area (Å²) in [5.74, 6) is 1.54. The van der Waals surface area contributed by atoms with Crippen molar-refractivity contribution in [2.45, 2.75) is 32.7 Å². The quantitative estimate of drug-likeness (QED) is 0.841. The van der Waals surface area contributed by atoms with Gasteiger partial charge in [0, 0.05) is 12.7 Å². The van der Waals surface area contributed by atoms with Gasteiger partial charge in [0.05, 0.1) is 0 Å².